The topological polar surface area (TPSA) is 109 Å². The van der Waals surface area contributed by atoms with Crippen LogP contribution in [0.3, 0.4) is 0 Å². The second-order valence-electron chi connectivity index (χ2n) is 26.6. The number of hydrogen-bond acceptors (Lipinski definition) is 2. The van der Waals surface area contributed by atoms with Gasteiger partial charge in [-0.1, -0.05) is 327 Å². The molecule has 4 aromatic heterocycles. The standard InChI is InChI=1S/2C21H24N2.2C21H23N2.2Er/c4*1-14(2)18-9-7-10-19(15(3)4)21(18)22-13-17-12-16-8-5-6-11-20(16)23-17;;/h2*5-12,14-15H,13H2,1-4H3;2*5-15H,1-4H3;;/q2*-2;2*-1;2*+3. The molecule has 0 saturated heterocycles. The molecule has 0 aliphatic carbocycles. The molecule has 2 radical (unpaired) electrons. The number of hydrogen-bond donors (Lipinski definition) is 0. The molecular weight excluding hydrogens is 1460 g/mol. The van der Waals surface area contributed by atoms with Crippen molar-refractivity contribution in [2.24, 2.45) is 9.98 Å². The third-order valence-electron chi connectivity index (χ3n) is 16.8. The number of rotatable bonds is 18. The van der Waals surface area contributed by atoms with Crippen molar-refractivity contribution < 1.29 is 74.6 Å². The smallest absolute Gasteiger partial charge is 0.682 e. The predicted octanol–water partition coefficient (Wildman–Crippen LogP) is 24.1. The van der Waals surface area contributed by atoms with Crippen LogP contribution in [0, 0.1) is 74.6 Å². The Labute approximate surface area is 620 Å². The fraction of sp³-hybridized carbons (Fsp3) is 0.310. The summed E-state index contributed by atoms with van der Waals surface area (Å²) in [6, 6.07) is 67.4. The van der Waals surface area contributed by atoms with Crippen LogP contribution in [0.15, 0.2) is 204 Å². The van der Waals surface area contributed by atoms with E-state index < -0.39 is 0 Å². The summed E-state index contributed by atoms with van der Waals surface area (Å²) in [4.78, 5) is 28.3. The van der Waals surface area contributed by atoms with E-state index in [2.05, 4.69) is 276 Å². The number of aliphatic imine (C=N–C) groups is 2. The number of aromatic nitrogens is 4. The maximum Gasteiger partial charge on any atom is 3.00 e. The van der Waals surface area contributed by atoms with E-state index >= 15 is 0 Å². The van der Waals surface area contributed by atoms with Crippen molar-refractivity contribution in [3.8, 4) is 0 Å². The molecule has 0 spiro atoms. The van der Waals surface area contributed by atoms with Gasteiger partial charge in [-0.25, -0.2) is 0 Å². The summed E-state index contributed by atoms with van der Waals surface area (Å²) in [7, 11) is 0. The van der Waals surface area contributed by atoms with Gasteiger partial charge in [0, 0.05) is 12.4 Å². The van der Waals surface area contributed by atoms with Gasteiger partial charge in [0.1, 0.15) is 0 Å². The van der Waals surface area contributed by atoms with E-state index in [1.807, 2.05) is 61.0 Å². The quantitative estimate of drug-likeness (QED) is 0.0797. The predicted molar refractivity (Wildman–Crippen MR) is 396 cm³/mol. The molecule has 0 unspecified atom stereocenters. The second-order valence-corrected chi connectivity index (χ2v) is 26.6. The summed E-state index contributed by atoms with van der Waals surface area (Å²) in [6.07, 6.45) is 3.79. The Bertz CT molecular complexity index is 3890. The fourth-order valence-corrected chi connectivity index (χ4v) is 11.8. The van der Waals surface area contributed by atoms with Crippen molar-refractivity contribution in [1.29, 1.82) is 0 Å². The normalized spacial score (nSPS) is 11.6. The summed E-state index contributed by atoms with van der Waals surface area (Å²) in [6.45, 7) is 36.8. The first-order valence-electron chi connectivity index (χ1n) is 33.3. The summed E-state index contributed by atoms with van der Waals surface area (Å²) in [5.74, 6) is 3.69. The molecule has 0 aliphatic heterocycles. The average Bonchev–Trinajstić information content (AvgIpc) is 1.65. The minimum absolute atomic E-state index is 0. The molecule has 4 heterocycles. The Morgan fingerprint density at radius 2 is 0.521 bits per heavy atom. The number of para-hydroxylation sites is 8. The van der Waals surface area contributed by atoms with E-state index in [4.69, 9.17) is 20.6 Å². The molecule has 0 fully saturated rings. The van der Waals surface area contributed by atoms with Gasteiger partial charge in [-0.3, -0.25) is 9.98 Å². The van der Waals surface area contributed by atoms with Crippen molar-refractivity contribution in [2.75, 3.05) is 0 Å². The molecule has 12 aromatic rings. The van der Waals surface area contributed by atoms with Gasteiger partial charge >= 0.3 is 74.6 Å². The molecule has 0 saturated carbocycles. The van der Waals surface area contributed by atoms with Crippen LogP contribution in [0.2, 0.25) is 0 Å². The summed E-state index contributed by atoms with van der Waals surface area (Å²) in [5.41, 5.74) is 23.1. The van der Waals surface area contributed by atoms with Crippen molar-refractivity contribution in [2.45, 2.75) is 171 Å². The molecule has 0 N–H and O–H groups in total. The van der Waals surface area contributed by atoms with E-state index in [9.17, 15) is 0 Å². The van der Waals surface area contributed by atoms with Gasteiger partial charge in [0.05, 0.1) is 11.4 Å². The fourth-order valence-electron chi connectivity index (χ4n) is 11.8. The van der Waals surface area contributed by atoms with E-state index in [1.54, 1.807) is 0 Å². The molecule has 0 bridgehead atoms. The van der Waals surface area contributed by atoms with Gasteiger partial charge < -0.3 is 30.6 Å². The van der Waals surface area contributed by atoms with Crippen LogP contribution in [0.1, 0.15) is 225 Å². The minimum atomic E-state index is 0. The van der Waals surface area contributed by atoms with Gasteiger partial charge in [0.15, 0.2) is 0 Å². The van der Waals surface area contributed by atoms with Crippen molar-refractivity contribution in [3.05, 3.63) is 272 Å². The SMILES string of the molecule is CC(C)c1cccc(C(C)C)c1N=Cc1cc2ccccc2[n-]1.CC(C)c1cccc(C(C)C)c1N=Cc1cc2ccccc2[n-]1.CC(C)c1cccc(C(C)C)c1[N-]Cc1cc2ccccc2[n-]1.CC(C)c1cccc(C(C)C)c1[N-]Cc1cc2ccccc2[n-]1.[Er+3].[Er+3]. The van der Waals surface area contributed by atoms with E-state index in [0.717, 1.165) is 78.4 Å². The zero-order valence-corrected chi connectivity index (χ0v) is 61.5. The zero-order chi connectivity index (χ0) is 65.6. The first kappa shape index (κ1) is 74.7. The molecule has 0 atom stereocenters. The Morgan fingerprint density at radius 1 is 0.287 bits per heavy atom. The Hall–Kier alpha value is -6.65. The molecule has 0 amide bonds. The summed E-state index contributed by atoms with van der Waals surface area (Å²) < 4.78 is 0. The molecule has 94 heavy (non-hydrogen) atoms. The largest absolute Gasteiger partial charge is 3.00 e. The zero-order valence-electron chi connectivity index (χ0n) is 57.8. The molecule has 12 rings (SSSR count). The van der Waals surface area contributed by atoms with Crippen LogP contribution in [0.5, 0.6) is 0 Å². The van der Waals surface area contributed by atoms with Crippen molar-refractivity contribution >= 4 is 78.8 Å². The molecule has 494 valence electrons. The van der Waals surface area contributed by atoms with Crippen LogP contribution in [-0.2, 0) is 13.1 Å². The third-order valence-corrected chi connectivity index (χ3v) is 16.8. The Morgan fingerprint density at radius 3 is 0.766 bits per heavy atom. The van der Waals surface area contributed by atoms with Gasteiger partial charge in [-0.05, 0) is 91.1 Å². The molecule has 10 heteroatoms. The number of benzene rings is 8. The van der Waals surface area contributed by atoms with E-state index in [-0.39, 0.29) is 74.6 Å². The van der Waals surface area contributed by atoms with Crippen LogP contribution < -0.4 is 19.9 Å². The first-order valence-corrected chi connectivity index (χ1v) is 33.3. The number of fused-ring (bicyclic) bond motifs is 4. The Kier molecular flexibility index (Phi) is 28.1. The molecular formula is C84H94Er2N8. The van der Waals surface area contributed by atoms with Crippen LogP contribution in [0.4, 0.5) is 22.7 Å². The van der Waals surface area contributed by atoms with Gasteiger partial charge in [0.25, 0.3) is 0 Å². The average molecular weight is 1550 g/mol. The van der Waals surface area contributed by atoms with Crippen LogP contribution >= 0.6 is 0 Å². The van der Waals surface area contributed by atoms with E-state index in [1.165, 1.54) is 55.3 Å². The van der Waals surface area contributed by atoms with Crippen LogP contribution in [0.25, 0.3) is 54.2 Å². The summed E-state index contributed by atoms with van der Waals surface area (Å²) >= 11 is 0. The Balaban J connectivity index is 0.000000176. The van der Waals surface area contributed by atoms with E-state index in [0.29, 0.717) is 60.4 Å². The van der Waals surface area contributed by atoms with Gasteiger partial charge in [-0.2, -0.15) is 11.4 Å². The second kappa shape index (κ2) is 35.4. The number of nitrogens with zero attached hydrogens (tertiary/aromatic N) is 8. The summed E-state index contributed by atoms with van der Waals surface area (Å²) in [5, 5.41) is 14.6. The molecule has 8 nitrogen and oxygen atoms in total. The maximum atomic E-state index is 4.95. The molecule has 8 aromatic carbocycles. The monoisotopic (exact) mass is 1550 g/mol. The third kappa shape index (κ3) is 19.3. The maximum absolute atomic E-state index is 4.95. The van der Waals surface area contributed by atoms with Crippen molar-refractivity contribution in [3.63, 3.8) is 0 Å². The van der Waals surface area contributed by atoms with Crippen LogP contribution in [-0.4, -0.2) is 12.4 Å². The van der Waals surface area contributed by atoms with Crippen molar-refractivity contribution in [1.82, 2.24) is 19.9 Å². The van der Waals surface area contributed by atoms with Gasteiger partial charge in [0.2, 0.25) is 0 Å². The minimum Gasteiger partial charge on any atom is -0.682 e. The first-order chi connectivity index (χ1) is 44.2. The molecule has 0 aliphatic rings. The van der Waals surface area contributed by atoms with Gasteiger partial charge in [-0.15, -0.1) is 57.9 Å².